The Kier molecular flexibility index (Phi) is 10.2. The summed E-state index contributed by atoms with van der Waals surface area (Å²) in [5, 5.41) is 3.10. The van der Waals surface area contributed by atoms with Gasteiger partial charge in [0.05, 0.1) is 13.2 Å². The lowest BCUT2D eigenvalue weighted by Gasteiger charge is -2.37. The molecular weight excluding hydrogens is 541 g/mol. The van der Waals surface area contributed by atoms with E-state index in [9.17, 15) is 9.18 Å². The van der Waals surface area contributed by atoms with Crippen LogP contribution in [0, 0.1) is 6.92 Å². The van der Waals surface area contributed by atoms with Gasteiger partial charge in [0.1, 0.15) is 5.83 Å². The predicted molar refractivity (Wildman–Crippen MR) is 172 cm³/mol. The maximum Gasteiger partial charge on any atom is 0.251 e. The molecule has 6 nitrogen and oxygen atoms in total. The van der Waals surface area contributed by atoms with Crippen LogP contribution < -0.4 is 10.2 Å². The fraction of sp³-hybridized carbons (Fsp3) is 0.472. The van der Waals surface area contributed by atoms with Gasteiger partial charge in [-0.15, -0.1) is 0 Å². The highest BCUT2D eigenvalue weighted by molar-refractivity contribution is 5.99. The van der Waals surface area contributed by atoms with Gasteiger partial charge >= 0.3 is 0 Å². The molecule has 5 rings (SSSR count). The van der Waals surface area contributed by atoms with Crippen LogP contribution >= 0.6 is 0 Å². The van der Waals surface area contributed by atoms with Crippen LogP contribution in [0.25, 0.3) is 11.1 Å². The predicted octanol–water partition coefficient (Wildman–Crippen LogP) is 6.75. The molecule has 2 saturated heterocycles. The quantitative estimate of drug-likeness (QED) is 0.352. The average Bonchev–Trinajstić information content (AvgIpc) is 3.02. The fourth-order valence-electron chi connectivity index (χ4n) is 6.59. The first kappa shape index (κ1) is 31.2. The molecule has 3 aliphatic rings. The summed E-state index contributed by atoms with van der Waals surface area (Å²) in [6.45, 7) is 18.9. The molecule has 1 aliphatic carbocycles. The van der Waals surface area contributed by atoms with Gasteiger partial charge in [0.15, 0.2) is 0 Å². The molecule has 2 aliphatic heterocycles. The number of nitrogens with zero attached hydrogens (tertiary/aromatic N) is 2. The summed E-state index contributed by atoms with van der Waals surface area (Å²) in [5.41, 5.74) is 8.91. The molecule has 7 heteroatoms. The largest absolute Gasteiger partial charge is 0.381 e. The summed E-state index contributed by atoms with van der Waals surface area (Å²) >= 11 is 0. The maximum absolute atomic E-state index is 14.7. The number of carbonyl (C=O) groups excluding carboxylic acids is 1. The highest BCUT2D eigenvalue weighted by Crippen LogP contribution is 2.35. The number of morpholine rings is 1. The van der Waals surface area contributed by atoms with E-state index in [4.69, 9.17) is 9.47 Å². The van der Waals surface area contributed by atoms with Crippen molar-refractivity contribution in [3.8, 4) is 11.1 Å². The Morgan fingerprint density at radius 3 is 2.37 bits per heavy atom. The molecule has 1 N–H and O–H groups in total. The molecule has 43 heavy (non-hydrogen) atoms. The molecule has 0 unspecified atom stereocenters. The van der Waals surface area contributed by atoms with Crippen molar-refractivity contribution in [2.45, 2.75) is 59.5 Å². The Balaban J connectivity index is 1.46. The van der Waals surface area contributed by atoms with Crippen LogP contribution in [0.15, 0.2) is 71.1 Å². The molecular formula is C36H46FN3O3. The first-order valence-electron chi connectivity index (χ1n) is 15.7. The van der Waals surface area contributed by atoms with Crippen molar-refractivity contribution in [1.82, 2.24) is 10.2 Å². The van der Waals surface area contributed by atoms with E-state index >= 15 is 0 Å². The van der Waals surface area contributed by atoms with Crippen LogP contribution in [0.2, 0.25) is 0 Å². The molecule has 0 aromatic heterocycles. The van der Waals surface area contributed by atoms with E-state index in [1.165, 1.54) is 5.56 Å². The van der Waals surface area contributed by atoms with Gasteiger partial charge in [-0.05, 0) is 104 Å². The third-order valence-electron chi connectivity index (χ3n) is 9.19. The zero-order valence-corrected chi connectivity index (χ0v) is 26.2. The van der Waals surface area contributed by atoms with Crippen molar-refractivity contribution in [2.24, 2.45) is 0 Å². The number of nitrogens with one attached hydrogen (secondary N) is 1. The first-order valence-corrected chi connectivity index (χ1v) is 15.7. The Hall–Kier alpha value is -3.26. The van der Waals surface area contributed by atoms with E-state index in [-0.39, 0.29) is 18.3 Å². The number of anilines is 1. The summed E-state index contributed by atoms with van der Waals surface area (Å²) in [7, 11) is 0. The SMILES string of the molecule is C=C1CC(C)=C(F)C(C)=C1CNC(=O)c1cc(-c2ccc(CN3CCOCC3)cc2)cc(N(CC)C2CCOCC2)c1C. The molecule has 230 valence electrons. The van der Waals surface area contributed by atoms with Crippen molar-refractivity contribution in [2.75, 3.05) is 57.5 Å². The van der Waals surface area contributed by atoms with Gasteiger partial charge in [-0.2, -0.15) is 0 Å². The van der Waals surface area contributed by atoms with E-state index in [1.54, 1.807) is 13.8 Å². The molecule has 0 bridgehead atoms. The number of ether oxygens (including phenoxy) is 2. The number of allylic oxidation sites excluding steroid dienone is 3. The van der Waals surface area contributed by atoms with Crippen LogP contribution in [0.4, 0.5) is 10.1 Å². The molecule has 2 heterocycles. The van der Waals surface area contributed by atoms with Crippen LogP contribution in [0.5, 0.6) is 0 Å². The monoisotopic (exact) mass is 587 g/mol. The molecule has 0 spiro atoms. The standard InChI is InChI=1S/C36H46FN3O3/c1-6-40(31-11-15-42-16-12-31)34-21-30(29-9-7-28(8-10-29)23-39-13-17-43-18-14-39)20-32(26(34)4)36(41)38-22-33-24(2)19-25(3)35(37)27(33)5/h7-10,20-21,31H,2,6,11-19,22-23H2,1,3-5H3,(H,38,41). The number of halogens is 1. The van der Waals surface area contributed by atoms with Crippen molar-refractivity contribution >= 4 is 11.6 Å². The molecule has 2 aromatic rings. The first-order chi connectivity index (χ1) is 20.8. The van der Waals surface area contributed by atoms with Crippen molar-refractivity contribution in [3.63, 3.8) is 0 Å². The van der Waals surface area contributed by atoms with Gasteiger partial charge < -0.3 is 19.7 Å². The topological polar surface area (TPSA) is 54.0 Å². The zero-order chi connectivity index (χ0) is 30.5. The Labute approximate surface area is 256 Å². The van der Waals surface area contributed by atoms with Crippen LogP contribution in [0.1, 0.15) is 61.5 Å². The maximum atomic E-state index is 14.7. The fourth-order valence-corrected chi connectivity index (χ4v) is 6.59. The van der Waals surface area contributed by atoms with E-state index in [2.05, 4.69) is 59.0 Å². The number of hydrogen-bond donors (Lipinski definition) is 1. The molecule has 2 aromatic carbocycles. The highest BCUT2D eigenvalue weighted by Gasteiger charge is 2.26. The second-order valence-corrected chi connectivity index (χ2v) is 12.0. The lowest BCUT2D eigenvalue weighted by Crippen LogP contribution is -2.40. The molecule has 2 fully saturated rings. The lowest BCUT2D eigenvalue weighted by molar-refractivity contribution is 0.0342. The van der Waals surface area contributed by atoms with E-state index < -0.39 is 0 Å². The summed E-state index contributed by atoms with van der Waals surface area (Å²) in [6, 6.07) is 13.3. The molecule has 0 radical (unpaired) electrons. The van der Waals surface area contributed by atoms with Gasteiger partial charge in [-0.1, -0.05) is 30.8 Å². The van der Waals surface area contributed by atoms with Gasteiger partial charge in [0, 0.05) is 63.2 Å². The summed E-state index contributed by atoms with van der Waals surface area (Å²) in [6.07, 6.45) is 2.41. The van der Waals surface area contributed by atoms with Gasteiger partial charge in [-0.25, -0.2) is 4.39 Å². The van der Waals surface area contributed by atoms with Crippen molar-refractivity contribution < 1.29 is 18.7 Å². The number of benzene rings is 2. The third kappa shape index (κ3) is 7.11. The minimum Gasteiger partial charge on any atom is -0.381 e. The lowest BCUT2D eigenvalue weighted by atomic mass is 9.89. The number of rotatable bonds is 9. The van der Waals surface area contributed by atoms with Gasteiger partial charge in [-0.3, -0.25) is 9.69 Å². The zero-order valence-electron chi connectivity index (χ0n) is 26.2. The van der Waals surface area contributed by atoms with E-state index in [1.807, 2.05) is 13.0 Å². The normalized spacial score (nSPS) is 18.8. The Morgan fingerprint density at radius 2 is 1.70 bits per heavy atom. The van der Waals surface area contributed by atoms with Gasteiger partial charge in [0.2, 0.25) is 0 Å². The summed E-state index contributed by atoms with van der Waals surface area (Å²) in [4.78, 5) is 18.7. The number of hydrogen-bond acceptors (Lipinski definition) is 5. The third-order valence-corrected chi connectivity index (χ3v) is 9.19. The molecule has 0 saturated carbocycles. The minimum atomic E-state index is -0.191. The summed E-state index contributed by atoms with van der Waals surface area (Å²) < 4.78 is 25.9. The highest BCUT2D eigenvalue weighted by atomic mass is 19.1. The minimum absolute atomic E-state index is 0.160. The Bertz CT molecular complexity index is 1400. The van der Waals surface area contributed by atoms with Crippen LogP contribution in [-0.4, -0.2) is 69.5 Å². The van der Waals surface area contributed by atoms with Crippen molar-refractivity contribution in [1.29, 1.82) is 0 Å². The smallest absolute Gasteiger partial charge is 0.251 e. The Morgan fingerprint density at radius 1 is 1.02 bits per heavy atom. The van der Waals surface area contributed by atoms with E-state index in [0.717, 1.165) is 99.0 Å². The second-order valence-electron chi connectivity index (χ2n) is 12.0. The van der Waals surface area contributed by atoms with Crippen molar-refractivity contribution in [3.05, 3.63) is 87.8 Å². The molecule has 1 amide bonds. The molecule has 0 atom stereocenters. The number of amides is 1. The second kappa shape index (κ2) is 14.0. The van der Waals surface area contributed by atoms with Crippen LogP contribution in [0.3, 0.4) is 0 Å². The average molecular weight is 588 g/mol. The summed E-state index contributed by atoms with van der Waals surface area (Å²) in [5.74, 6) is -0.350. The van der Waals surface area contributed by atoms with Gasteiger partial charge in [0.25, 0.3) is 5.91 Å². The van der Waals surface area contributed by atoms with Crippen LogP contribution in [-0.2, 0) is 16.0 Å². The number of carbonyl (C=O) groups is 1. The van der Waals surface area contributed by atoms with E-state index in [0.29, 0.717) is 29.2 Å².